The van der Waals surface area contributed by atoms with Crippen LogP contribution in [0.4, 0.5) is 0 Å². The van der Waals surface area contributed by atoms with Crippen molar-refractivity contribution >= 4 is 28.3 Å². The van der Waals surface area contributed by atoms with E-state index in [0.29, 0.717) is 0 Å². The van der Waals surface area contributed by atoms with Crippen molar-refractivity contribution in [1.82, 2.24) is 15.3 Å². The van der Waals surface area contributed by atoms with Crippen molar-refractivity contribution < 1.29 is 4.79 Å². The van der Waals surface area contributed by atoms with Crippen molar-refractivity contribution in [2.45, 2.75) is 19.4 Å². The van der Waals surface area contributed by atoms with Crippen molar-refractivity contribution in [3.8, 4) is 0 Å². The van der Waals surface area contributed by atoms with Crippen LogP contribution in [0.1, 0.15) is 34.9 Å². The number of para-hydroxylation sites is 2. The third kappa shape index (κ3) is 2.44. The number of imidazole rings is 1. The molecule has 0 saturated heterocycles. The van der Waals surface area contributed by atoms with Crippen molar-refractivity contribution in [3.05, 3.63) is 52.5 Å². The van der Waals surface area contributed by atoms with E-state index in [1.54, 1.807) is 0 Å². The molecule has 1 amide bonds. The summed E-state index contributed by atoms with van der Waals surface area (Å²) < 4.78 is 0. The first-order valence-corrected chi connectivity index (χ1v) is 7.45. The molecule has 0 aliphatic carbocycles. The Bertz CT molecular complexity index is 685. The zero-order chi connectivity index (χ0) is 13.9. The molecule has 1 atom stereocenters. The van der Waals surface area contributed by atoms with Crippen molar-refractivity contribution in [3.63, 3.8) is 0 Å². The van der Waals surface area contributed by atoms with E-state index in [1.165, 1.54) is 11.3 Å². The number of rotatable bonds is 4. The molecule has 20 heavy (non-hydrogen) atoms. The highest BCUT2D eigenvalue weighted by Crippen LogP contribution is 2.19. The largest absolute Gasteiger partial charge is 0.341 e. The monoisotopic (exact) mass is 285 g/mol. The van der Waals surface area contributed by atoms with Gasteiger partial charge < -0.3 is 10.3 Å². The zero-order valence-corrected chi connectivity index (χ0v) is 11.9. The van der Waals surface area contributed by atoms with Gasteiger partial charge in [-0.15, -0.1) is 11.3 Å². The quantitative estimate of drug-likeness (QED) is 0.770. The second-order valence-electron chi connectivity index (χ2n) is 4.55. The molecule has 0 spiro atoms. The van der Waals surface area contributed by atoms with Gasteiger partial charge >= 0.3 is 0 Å². The van der Waals surface area contributed by atoms with Gasteiger partial charge in [0.05, 0.1) is 22.0 Å². The number of benzene rings is 1. The first kappa shape index (κ1) is 12.9. The minimum absolute atomic E-state index is 0.0488. The third-order valence-corrected chi connectivity index (χ3v) is 4.06. The van der Waals surface area contributed by atoms with E-state index in [9.17, 15) is 4.79 Å². The van der Waals surface area contributed by atoms with Gasteiger partial charge in [0.25, 0.3) is 5.91 Å². The lowest BCUT2D eigenvalue weighted by Gasteiger charge is -2.13. The molecule has 0 aliphatic rings. The lowest BCUT2D eigenvalue weighted by molar-refractivity contribution is 0.0938. The van der Waals surface area contributed by atoms with Crippen molar-refractivity contribution in [2.75, 3.05) is 0 Å². The third-order valence-electron chi connectivity index (χ3n) is 3.20. The van der Waals surface area contributed by atoms with Gasteiger partial charge in [-0.1, -0.05) is 25.1 Å². The van der Waals surface area contributed by atoms with Gasteiger partial charge in [0, 0.05) is 0 Å². The van der Waals surface area contributed by atoms with Crippen LogP contribution in [-0.2, 0) is 0 Å². The van der Waals surface area contributed by atoms with Crippen molar-refractivity contribution in [2.24, 2.45) is 0 Å². The summed E-state index contributed by atoms with van der Waals surface area (Å²) in [6.07, 6.45) is 0.789. The van der Waals surface area contributed by atoms with Crippen LogP contribution in [0.15, 0.2) is 41.8 Å². The van der Waals surface area contributed by atoms with Crippen LogP contribution in [0.25, 0.3) is 11.0 Å². The van der Waals surface area contributed by atoms with Crippen LogP contribution in [0.2, 0.25) is 0 Å². The first-order chi connectivity index (χ1) is 9.78. The number of hydrogen-bond acceptors (Lipinski definition) is 3. The summed E-state index contributed by atoms with van der Waals surface area (Å²) in [7, 11) is 0. The molecule has 0 fully saturated rings. The number of carbonyl (C=O) groups is 1. The number of fused-ring (bicyclic) bond motifs is 1. The number of carbonyl (C=O) groups excluding carboxylic acids is 1. The van der Waals surface area contributed by atoms with E-state index in [-0.39, 0.29) is 11.9 Å². The Hall–Kier alpha value is -2.14. The molecule has 3 aromatic rings. The standard InChI is InChI=1S/C15H15N3OS/c1-2-10(18-15(19)13-8-5-9-20-13)14-16-11-6-3-4-7-12(11)17-14/h3-10H,2H2,1H3,(H,16,17)(H,18,19)/t10-/m1/s1. The average Bonchev–Trinajstić information content (AvgIpc) is 3.12. The summed E-state index contributed by atoms with van der Waals surface area (Å²) in [5.41, 5.74) is 1.91. The van der Waals surface area contributed by atoms with Gasteiger partial charge in [-0.25, -0.2) is 4.98 Å². The number of amides is 1. The highest BCUT2D eigenvalue weighted by molar-refractivity contribution is 7.12. The van der Waals surface area contributed by atoms with Crippen LogP contribution >= 0.6 is 11.3 Å². The smallest absolute Gasteiger partial charge is 0.261 e. The summed E-state index contributed by atoms with van der Waals surface area (Å²) in [6.45, 7) is 2.03. The predicted octanol–water partition coefficient (Wildman–Crippen LogP) is 3.51. The number of aromatic nitrogens is 2. The number of H-pyrrole nitrogens is 1. The molecule has 0 radical (unpaired) electrons. The number of nitrogens with zero attached hydrogens (tertiary/aromatic N) is 1. The lowest BCUT2D eigenvalue weighted by Crippen LogP contribution is -2.28. The topological polar surface area (TPSA) is 57.8 Å². The molecule has 0 unspecified atom stereocenters. The van der Waals surface area contributed by atoms with E-state index in [4.69, 9.17) is 0 Å². The summed E-state index contributed by atoms with van der Waals surface area (Å²) in [6, 6.07) is 11.5. The van der Waals surface area contributed by atoms with Gasteiger partial charge in [0.1, 0.15) is 5.82 Å². The Kier molecular flexibility index (Phi) is 3.52. The molecule has 2 heterocycles. The fourth-order valence-corrected chi connectivity index (χ4v) is 2.77. The normalized spacial score (nSPS) is 12.4. The SMILES string of the molecule is CC[C@@H](NC(=O)c1cccs1)c1nc2ccccc2[nH]1. The Balaban J connectivity index is 1.84. The fourth-order valence-electron chi connectivity index (χ4n) is 2.14. The maximum atomic E-state index is 12.1. The maximum absolute atomic E-state index is 12.1. The molecule has 4 nitrogen and oxygen atoms in total. The fraction of sp³-hybridized carbons (Fsp3) is 0.200. The number of aromatic amines is 1. The maximum Gasteiger partial charge on any atom is 0.261 e. The number of hydrogen-bond donors (Lipinski definition) is 2. The predicted molar refractivity (Wildman–Crippen MR) is 80.9 cm³/mol. The van der Waals surface area contributed by atoms with Gasteiger partial charge in [-0.05, 0) is 30.0 Å². The summed E-state index contributed by atoms with van der Waals surface area (Å²) in [5.74, 6) is 0.755. The summed E-state index contributed by atoms with van der Waals surface area (Å²) in [5, 5.41) is 4.92. The van der Waals surface area contributed by atoms with E-state index in [0.717, 1.165) is 28.2 Å². The highest BCUT2D eigenvalue weighted by atomic mass is 32.1. The molecule has 3 rings (SSSR count). The Morgan fingerprint density at radius 1 is 1.35 bits per heavy atom. The Morgan fingerprint density at radius 3 is 2.90 bits per heavy atom. The minimum Gasteiger partial charge on any atom is -0.341 e. The Labute approximate surface area is 120 Å². The molecule has 102 valence electrons. The highest BCUT2D eigenvalue weighted by Gasteiger charge is 2.17. The van der Waals surface area contributed by atoms with Crippen LogP contribution in [0.3, 0.4) is 0 Å². The number of nitrogens with one attached hydrogen (secondary N) is 2. The van der Waals surface area contributed by atoms with Gasteiger partial charge in [-0.2, -0.15) is 0 Å². The van der Waals surface area contributed by atoms with E-state index >= 15 is 0 Å². The molecule has 2 N–H and O–H groups in total. The van der Waals surface area contributed by atoms with Crippen LogP contribution in [0.5, 0.6) is 0 Å². The zero-order valence-electron chi connectivity index (χ0n) is 11.1. The molecular formula is C15H15N3OS. The molecule has 0 aliphatic heterocycles. The molecule has 0 saturated carbocycles. The summed E-state index contributed by atoms with van der Waals surface area (Å²) in [4.78, 5) is 20.7. The van der Waals surface area contributed by atoms with Gasteiger partial charge in [0.15, 0.2) is 0 Å². The molecule has 0 bridgehead atoms. The van der Waals surface area contributed by atoms with Crippen molar-refractivity contribution in [1.29, 1.82) is 0 Å². The molecule has 1 aromatic carbocycles. The van der Waals surface area contributed by atoms with E-state index < -0.39 is 0 Å². The van der Waals surface area contributed by atoms with Gasteiger partial charge in [0.2, 0.25) is 0 Å². The van der Waals surface area contributed by atoms with E-state index in [2.05, 4.69) is 15.3 Å². The Morgan fingerprint density at radius 2 is 2.20 bits per heavy atom. The summed E-state index contributed by atoms with van der Waals surface area (Å²) >= 11 is 1.44. The molecule has 5 heteroatoms. The van der Waals surface area contributed by atoms with Crippen LogP contribution in [0, 0.1) is 0 Å². The first-order valence-electron chi connectivity index (χ1n) is 6.57. The molecular weight excluding hydrogens is 270 g/mol. The number of thiophene rings is 1. The van der Waals surface area contributed by atoms with Gasteiger partial charge in [-0.3, -0.25) is 4.79 Å². The van der Waals surface area contributed by atoms with E-state index in [1.807, 2.05) is 48.7 Å². The second-order valence-corrected chi connectivity index (χ2v) is 5.50. The lowest BCUT2D eigenvalue weighted by atomic mass is 10.2. The van der Waals surface area contributed by atoms with Crippen LogP contribution in [-0.4, -0.2) is 15.9 Å². The average molecular weight is 285 g/mol. The minimum atomic E-state index is -0.1000. The molecule has 2 aromatic heterocycles. The van der Waals surface area contributed by atoms with Crippen LogP contribution < -0.4 is 5.32 Å². The second kappa shape index (κ2) is 5.46.